The summed E-state index contributed by atoms with van der Waals surface area (Å²) in [7, 11) is 1.32. The Bertz CT molecular complexity index is 378. The van der Waals surface area contributed by atoms with E-state index in [-0.39, 0.29) is 5.75 Å². The highest BCUT2D eigenvalue weighted by atomic mass is 16.5. The van der Waals surface area contributed by atoms with Gasteiger partial charge in [0.15, 0.2) is 0 Å². The van der Waals surface area contributed by atoms with Crippen LogP contribution in [0.15, 0.2) is 12.1 Å². The fourth-order valence-electron chi connectivity index (χ4n) is 1.75. The first-order valence-electron chi connectivity index (χ1n) is 5.08. The molecule has 1 atom stereocenters. The Morgan fingerprint density at radius 1 is 1.44 bits per heavy atom. The van der Waals surface area contributed by atoms with Gasteiger partial charge in [-0.05, 0) is 49.1 Å². The van der Waals surface area contributed by atoms with Crippen molar-refractivity contribution < 1.29 is 14.6 Å². The summed E-state index contributed by atoms with van der Waals surface area (Å²) in [6.07, 6.45) is 0.421. The highest BCUT2D eigenvalue weighted by Crippen LogP contribution is 2.21. The van der Waals surface area contributed by atoms with Crippen LogP contribution < -0.4 is 5.73 Å². The molecule has 4 nitrogen and oxygen atoms in total. The largest absolute Gasteiger partial charge is 0.508 e. The molecule has 0 heterocycles. The number of hydrogen-bond donors (Lipinski definition) is 2. The molecule has 0 aliphatic rings. The van der Waals surface area contributed by atoms with E-state index >= 15 is 0 Å². The number of phenols is 1. The molecule has 0 aliphatic carbocycles. The summed E-state index contributed by atoms with van der Waals surface area (Å²) in [5.74, 6) is -0.197. The number of methoxy groups -OCH3 is 1. The van der Waals surface area contributed by atoms with Crippen LogP contribution in [0.2, 0.25) is 0 Å². The summed E-state index contributed by atoms with van der Waals surface area (Å²) in [5, 5.41) is 9.38. The molecule has 1 aromatic rings. The monoisotopic (exact) mass is 223 g/mol. The summed E-state index contributed by atoms with van der Waals surface area (Å²) >= 11 is 0. The van der Waals surface area contributed by atoms with Gasteiger partial charge in [-0.25, -0.2) is 0 Å². The summed E-state index contributed by atoms with van der Waals surface area (Å²) < 4.78 is 4.57. The van der Waals surface area contributed by atoms with E-state index in [1.54, 1.807) is 12.1 Å². The van der Waals surface area contributed by atoms with Crippen LogP contribution in [0.5, 0.6) is 5.75 Å². The Balaban J connectivity index is 2.93. The Morgan fingerprint density at radius 2 is 1.94 bits per heavy atom. The maximum atomic E-state index is 11.2. The summed E-state index contributed by atoms with van der Waals surface area (Å²) in [4.78, 5) is 11.2. The van der Waals surface area contributed by atoms with Gasteiger partial charge < -0.3 is 15.6 Å². The van der Waals surface area contributed by atoms with Gasteiger partial charge in [0.25, 0.3) is 0 Å². The quantitative estimate of drug-likeness (QED) is 0.751. The summed E-state index contributed by atoms with van der Waals surface area (Å²) in [6, 6.07) is 2.66. The van der Waals surface area contributed by atoms with E-state index in [9.17, 15) is 9.90 Å². The molecule has 0 radical (unpaired) electrons. The molecule has 16 heavy (non-hydrogen) atoms. The number of aryl methyl sites for hydroxylation is 2. The number of aromatic hydroxyl groups is 1. The van der Waals surface area contributed by atoms with Crippen LogP contribution in [0, 0.1) is 13.8 Å². The molecule has 4 heteroatoms. The molecule has 88 valence electrons. The van der Waals surface area contributed by atoms with Gasteiger partial charge >= 0.3 is 5.97 Å². The number of ether oxygens (including phenoxy) is 1. The van der Waals surface area contributed by atoms with Crippen molar-refractivity contribution in [2.45, 2.75) is 26.3 Å². The van der Waals surface area contributed by atoms with Crippen molar-refractivity contribution in [3.63, 3.8) is 0 Å². The third kappa shape index (κ3) is 2.73. The lowest BCUT2D eigenvalue weighted by Crippen LogP contribution is -2.34. The van der Waals surface area contributed by atoms with Crippen molar-refractivity contribution in [2.24, 2.45) is 5.73 Å². The van der Waals surface area contributed by atoms with Crippen LogP contribution in [0.25, 0.3) is 0 Å². The maximum Gasteiger partial charge on any atom is 0.322 e. The highest BCUT2D eigenvalue weighted by Gasteiger charge is 2.16. The third-order valence-corrected chi connectivity index (χ3v) is 2.61. The maximum absolute atomic E-state index is 11.2. The van der Waals surface area contributed by atoms with Gasteiger partial charge in [0.2, 0.25) is 0 Å². The van der Waals surface area contributed by atoms with Crippen LogP contribution in [-0.4, -0.2) is 24.2 Å². The predicted octanol–water partition coefficient (Wildman–Crippen LogP) is 1.05. The molecule has 0 unspecified atom stereocenters. The van der Waals surface area contributed by atoms with E-state index in [1.165, 1.54) is 7.11 Å². The minimum atomic E-state index is -0.660. The highest BCUT2D eigenvalue weighted by molar-refractivity contribution is 5.75. The fourth-order valence-corrected chi connectivity index (χ4v) is 1.75. The molecular formula is C12H17NO3. The number of hydrogen-bond acceptors (Lipinski definition) is 4. The lowest BCUT2D eigenvalue weighted by atomic mass is 9.96. The van der Waals surface area contributed by atoms with Crippen LogP contribution in [-0.2, 0) is 16.0 Å². The standard InChI is InChI=1S/C12H17NO3/c1-7-4-9(14)5-8(2)10(7)6-11(13)12(15)16-3/h4-5,11,14H,6,13H2,1-3H3/t11-/m1/s1. The molecule has 1 rings (SSSR count). The summed E-state index contributed by atoms with van der Waals surface area (Å²) in [6.45, 7) is 3.76. The third-order valence-electron chi connectivity index (χ3n) is 2.61. The molecule has 3 N–H and O–H groups in total. The topological polar surface area (TPSA) is 72.5 Å². The molecule has 0 saturated heterocycles. The minimum absolute atomic E-state index is 0.227. The van der Waals surface area contributed by atoms with Gasteiger partial charge in [-0.15, -0.1) is 0 Å². The normalized spacial score (nSPS) is 12.2. The van der Waals surface area contributed by atoms with Crippen molar-refractivity contribution in [3.05, 3.63) is 28.8 Å². The van der Waals surface area contributed by atoms with E-state index in [1.807, 2.05) is 13.8 Å². The average Bonchev–Trinajstić information content (AvgIpc) is 2.21. The molecular weight excluding hydrogens is 206 g/mol. The molecule has 0 aromatic heterocycles. The number of nitrogens with two attached hydrogens (primary N) is 1. The van der Waals surface area contributed by atoms with Crippen molar-refractivity contribution in [2.75, 3.05) is 7.11 Å². The van der Waals surface area contributed by atoms with Crippen LogP contribution in [0.4, 0.5) is 0 Å². The Morgan fingerprint density at radius 3 is 2.38 bits per heavy atom. The van der Waals surface area contributed by atoms with Gasteiger partial charge in [-0.2, -0.15) is 0 Å². The lowest BCUT2D eigenvalue weighted by molar-refractivity contribution is -0.142. The van der Waals surface area contributed by atoms with Crippen LogP contribution in [0.3, 0.4) is 0 Å². The minimum Gasteiger partial charge on any atom is -0.508 e. The number of esters is 1. The zero-order chi connectivity index (χ0) is 12.3. The van der Waals surface area contributed by atoms with Crippen LogP contribution in [0.1, 0.15) is 16.7 Å². The Labute approximate surface area is 95.0 Å². The zero-order valence-corrected chi connectivity index (χ0v) is 9.78. The zero-order valence-electron chi connectivity index (χ0n) is 9.78. The first-order valence-corrected chi connectivity index (χ1v) is 5.08. The number of benzene rings is 1. The molecule has 0 bridgehead atoms. The molecule has 1 aromatic carbocycles. The lowest BCUT2D eigenvalue weighted by Gasteiger charge is -2.14. The van der Waals surface area contributed by atoms with Gasteiger partial charge in [0.1, 0.15) is 11.8 Å². The van der Waals surface area contributed by atoms with Gasteiger partial charge in [-0.1, -0.05) is 0 Å². The van der Waals surface area contributed by atoms with E-state index < -0.39 is 12.0 Å². The van der Waals surface area contributed by atoms with Crippen LogP contribution >= 0.6 is 0 Å². The van der Waals surface area contributed by atoms with E-state index in [4.69, 9.17) is 5.73 Å². The first kappa shape index (κ1) is 12.5. The fraction of sp³-hybridized carbons (Fsp3) is 0.417. The molecule has 0 amide bonds. The molecule has 0 spiro atoms. The van der Waals surface area contributed by atoms with Crippen molar-refractivity contribution >= 4 is 5.97 Å². The molecule has 0 saturated carbocycles. The Kier molecular flexibility index (Phi) is 3.90. The second kappa shape index (κ2) is 4.99. The second-order valence-electron chi connectivity index (χ2n) is 3.89. The molecule has 0 aliphatic heterocycles. The van der Waals surface area contributed by atoms with Gasteiger partial charge in [0.05, 0.1) is 7.11 Å². The predicted molar refractivity (Wildman–Crippen MR) is 61.3 cm³/mol. The first-order chi connectivity index (χ1) is 7.45. The van der Waals surface area contributed by atoms with Gasteiger partial charge in [0, 0.05) is 0 Å². The van der Waals surface area contributed by atoms with Crippen molar-refractivity contribution in [1.82, 2.24) is 0 Å². The van der Waals surface area contributed by atoms with Crippen molar-refractivity contribution in [1.29, 1.82) is 0 Å². The van der Waals surface area contributed by atoms with Gasteiger partial charge in [-0.3, -0.25) is 4.79 Å². The molecule has 0 fully saturated rings. The summed E-state index contributed by atoms with van der Waals surface area (Å²) in [5.41, 5.74) is 8.54. The smallest absolute Gasteiger partial charge is 0.322 e. The van der Waals surface area contributed by atoms with Crippen molar-refractivity contribution in [3.8, 4) is 5.75 Å². The second-order valence-corrected chi connectivity index (χ2v) is 3.89. The Hall–Kier alpha value is -1.55. The number of rotatable bonds is 3. The number of carbonyl (C=O) groups is 1. The SMILES string of the molecule is COC(=O)[C@H](N)Cc1c(C)cc(O)cc1C. The number of phenolic OH excluding ortho intramolecular Hbond substituents is 1. The van der Waals surface area contributed by atoms with E-state index in [0.29, 0.717) is 6.42 Å². The number of carbonyl (C=O) groups excluding carboxylic acids is 1. The van der Waals surface area contributed by atoms with E-state index in [0.717, 1.165) is 16.7 Å². The van der Waals surface area contributed by atoms with E-state index in [2.05, 4.69) is 4.74 Å². The average molecular weight is 223 g/mol.